The van der Waals surface area contributed by atoms with Crippen molar-refractivity contribution in [1.82, 2.24) is 4.57 Å². The van der Waals surface area contributed by atoms with Crippen LogP contribution in [0.25, 0.3) is 16.6 Å². The Labute approximate surface area is 293 Å². The highest BCUT2D eigenvalue weighted by Crippen LogP contribution is 2.30. The summed E-state index contributed by atoms with van der Waals surface area (Å²) < 4.78 is 49.1. The predicted octanol–water partition coefficient (Wildman–Crippen LogP) is 8.30. The Morgan fingerprint density at radius 1 is 0.800 bits per heavy atom. The third kappa shape index (κ3) is 9.01. The molecule has 50 heavy (non-hydrogen) atoms. The number of rotatable bonds is 16. The average Bonchev–Trinajstić information content (AvgIpc) is 3.08. The van der Waals surface area contributed by atoms with Gasteiger partial charge < -0.3 is 28.2 Å². The number of hydrogen-bond acceptors (Lipinski definition) is 5. The van der Waals surface area contributed by atoms with Crippen molar-refractivity contribution in [3.8, 4) is 22.9 Å². The number of anilines is 1. The van der Waals surface area contributed by atoms with Crippen molar-refractivity contribution in [2.75, 3.05) is 57.9 Å². The molecule has 2 heterocycles. The van der Waals surface area contributed by atoms with Gasteiger partial charge >= 0.3 is 0 Å². The molecule has 0 saturated carbocycles. The molecule has 5 rings (SSSR count). The first-order valence-electron chi connectivity index (χ1n) is 18.0. The predicted molar refractivity (Wildman–Crippen MR) is 194 cm³/mol. The highest BCUT2D eigenvalue weighted by molar-refractivity contribution is 6.07. The van der Waals surface area contributed by atoms with Crippen molar-refractivity contribution in [3.05, 3.63) is 88.2 Å². The number of ether oxygens (including phenoxy) is 3. The molecule has 0 radical (unpaired) electrons. The van der Waals surface area contributed by atoms with Crippen molar-refractivity contribution < 1.29 is 32.3 Å². The van der Waals surface area contributed by atoms with Gasteiger partial charge in [0.15, 0.2) is 0 Å². The van der Waals surface area contributed by atoms with E-state index in [9.17, 15) is 18.4 Å². The van der Waals surface area contributed by atoms with Gasteiger partial charge in [0.1, 0.15) is 34.4 Å². The molecule has 0 aliphatic carbocycles. The van der Waals surface area contributed by atoms with E-state index in [1.54, 1.807) is 35.8 Å². The maximum Gasteiger partial charge on any atom is 0.263 e. The standard InChI is InChI=1S/C40H50F2N3O5/c1-5-43(31-22-29(41)21-30(42)23-31)40(47)37-28-44(32-24-34(48-6-2)26-35(25-32)49-7-3)38-27-33(15-16-36(38)39(37)46)50-20-14-9-8-11-17-45(4)18-12-10-13-19-45/h15-16,21-28H,5-14,17-20H2,1-4H3/q+1. The molecule has 0 bridgehead atoms. The first-order chi connectivity index (χ1) is 24.1. The van der Waals surface area contributed by atoms with Crippen LogP contribution in [0, 0.1) is 11.6 Å². The zero-order chi connectivity index (χ0) is 35.7. The van der Waals surface area contributed by atoms with Crippen LogP contribution in [0.5, 0.6) is 17.2 Å². The SMILES string of the molecule is CCOc1cc(OCC)cc(-n2cc(C(=O)N(CC)c3cc(F)cc(F)c3)c(=O)c3ccc(OCCCCCC[N+]4(C)CCCCC4)cc32)c1. The molecular weight excluding hydrogens is 640 g/mol. The number of quaternary nitrogens is 1. The molecule has 0 N–H and O–H groups in total. The van der Waals surface area contributed by atoms with E-state index in [0.29, 0.717) is 53.7 Å². The van der Waals surface area contributed by atoms with Crippen molar-refractivity contribution >= 4 is 22.5 Å². The molecule has 1 saturated heterocycles. The van der Waals surface area contributed by atoms with Gasteiger partial charge in [-0.1, -0.05) is 0 Å². The van der Waals surface area contributed by atoms with Crippen LogP contribution in [0.3, 0.4) is 0 Å². The lowest BCUT2D eigenvalue weighted by molar-refractivity contribution is -0.914. The number of hydrogen-bond donors (Lipinski definition) is 0. The molecule has 0 spiro atoms. The number of likely N-dealkylation sites (tertiary alicyclic amines) is 1. The summed E-state index contributed by atoms with van der Waals surface area (Å²) in [6, 6.07) is 13.5. The van der Waals surface area contributed by atoms with Gasteiger partial charge in [-0.3, -0.25) is 9.59 Å². The first-order valence-corrected chi connectivity index (χ1v) is 18.0. The maximum absolute atomic E-state index is 14.2. The lowest BCUT2D eigenvalue weighted by Gasteiger charge is -2.37. The Hall–Kier alpha value is -4.44. The summed E-state index contributed by atoms with van der Waals surface area (Å²) in [7, 11) is 2.39. The van der Waals surface area contributed by atoms with Gasteiger partial charge in [0.2, 0.25) is 5.43 Å². The number of carbonyl (C=O) groups is 1. The minimum atomic E-state index is -0.820. The minimum absolute atomic E-state index is 0.0176. The van der Waals surface area contributed by atoms with Gasteiger partial charge in [0.25, 0.3) is 5.91 Å². The molecule has 0 unspecified atom stereocenters. The van der Waals surface area contributed by atoms with E-state index < -0.39 is 23.0 Å². The maximum atomic E-state index is 14.2. The quantitative estimate of drug-likeness (QED) is 0.0874. The molecule has 8 nitrogen and oxygen atoms in total. The number of unbranched alkanes of at least 4 members (excludes halogenated alkanes) is 3. The number of pyridine rings is 1. The molecule has 1 aromatic heterocycles. The fourth-order valence-corrected chi connectivity index (χ4v) is 6.88. The zero-order valence-corrected chi connectivity index (χ0v) is 29.8. The van der Waals surface area contributed by atoms with Crippen molar-refractivity contribution in [2.24, 2.45) is 0 Å². The smallest absolute Gasteiger partial charge is 0.263 e. The molecule has 0 atom stereocenters. The number of benzene rings is 3. The van der Waals surface area contributed by atoms with Crippen LogP contribution >= 0.6 is 0 Å². The molecular formula is C40H50F2N3O5+. The van der Waals surface area contributed by atoms with Crippen LogP contribution in [0.15, 0.2) is 65.6 Å². The fourth-order valence-electron chi connectivity index (χ4n) is 6.88. The van der Waals surface area contributed by atoms with E-state index in [4.69, 9.17) is 14.2 Å². The summed E-state index contributed by atoms with van der Waals surface area (Å²) in [6.07, 6.45) is 9.89. The van der Waals surface area contributed by atoms with E-state index in [0.717, 1.165) is 31.0 Å². The normalized spacial score (nSPS) is 14.0. The lowest BCUT2D eigenvalue weighted by atomic mass is 10.1. The van der Waals surface area contributed by atoms with E-state index >= 15 is 0 Å². The highest BCUT2D eigenvalue weighted by atomic mass is 19.1. The van der Waals surface area contributed by atoms with Gasteiger partial charge in [-0.2, -0.15) is 0 Å². The Balaban J connectivity index is 1.45. The van der Waals surface area contributed by atoms with Crippen LogP contribution in [0.2, 0.25) is 0 Å². The van der Waals surface area contributed by atoms with Gasteiger partial charge in [-0.15, -0.1) is 0 Å². The van der Waals surface area contributed by atoms with Crippen molar-refractivity contribution in [1.29, 1.82) is 0 Å². The fraction of sp³-hybridized carbons (Fsp3) is 0.450. The lowest BCUT2D eigenvalue weighted by Crippen LogP contribution is -2.48. The molecule has 1 aliphatic heterocycles. The second kappa shape index (κ2) is 17.0. The summed E-state index contributed by atoms with van der Waals surface area (Å²) in [5.41, 5.74) is 0.486. The summed E-state index contributed by atoms with van der Waals surface area (Å²) in [6.45, 7) is 10.7. The van der Waals surface area contributed by atoms with Gasteiger partial charge in [-0.05, 0) is 90.0 Å². The molecule has 10 heteroatoms. The Morgan fingerprint density at radius 2 is 1.46 bits per heavy atom. The van der Waals surface area contributed by atoms with Crippen LogP contribution in [-0.2, 0) is 0 Å². The number of piperidine rings is 1. The first kappa shape index (κ1) is 36.8. The van der Waals surface area contributed by atoms with E-state index in [1.807, 2.05) is 26.0 Å². The van der Waals surface area contributed by atoms with Gasteiger partial charge in [0.05, 0.1) is 57.7 Å². The number of carbonyl (C=O) groups excluding carboxylic acids is 1. The summed E-state index contributed by atoms with van der Waals surface area (Å²) in [4.78, 5) is 29.2. The van der Waals surface area contributed by atoms with Crippen molar-refractivity contribution in [3.63, 3.8) is 0 Å². The number of aromatic nitrogens is 1. The molecule has 268 valence electrons. The Bertz CT molecular complexity index is 1790. The Kier molecular flexibility index (Phi) is 12.5. The average molecular weight is 691 g/mol. The third-order valence-corrected chi connectivity index (χ3v) is 9.45. The monoisotopic (exact) mass is 690 g/mol. The summed E-state index contributed by atoms with van der Waals surface area (Å²) in [5.74, 6) is -0.601. The molecule has 3 aromatic carbocycles. The second-order valence-electron chi connectivity index (χ2n) is 13.2. The molecule has 1 amide bonds. The summed E-state index contributed by atoms with van der Waals surface area (Å²) in [5, 5.41) is 0.291. The van der Waals surface area contributed by atoms with Gasteiger partial charge in [0, 0.05) is 54.1 Å². The van der Waals surface area contributed by atoms with Crippen LogP contribution < -0.4 is 24.5 Å². The van der Waals surface area contributed by atoms with Gasteiger partial charge in [-0.25, -0.2) is 8.78 Å². The second-order valence-corrected chi connectivity index (χ2v) is 13.2. The van der Waals surface area contributed by atoms with E-state index in [-0.39, 0.29) is 17.8 Å². The van der Waals surface area contributed by atoms with Crippen LogP contribution in [-0.4, -0.2) is 68.0 Å². The molecule has 4 aromatic rings. The number of nitrogens with zero attached hydrogens (tertiary/aromatic N) is 3. The Morgan fingerprint density at radius 3 is 2.10 bits per heavy atom. The third-order valence-electron chi connectivity index (χ3n) is 9.45. The van der Waals surface area contributed by atoms with Crippen molar-refractivity contribution in [2.45, 2.75) is 65.7 Å². The largest absolute Gasteiger partial charge is 0.494 e. The van der Waals surface area contributed by atoms with E-state index in [2.05, 4.69) is 7.05 Å². The summed E-state index contributed by atoms with van der Waals surface area (Å²) >= 11 is 0. The highest BCUT2D eigenvalue weighted by Gasteiger charge is 2.25. The zero-order valence-electron chi connectivity index (χ0n) is 29.8. The molecule has 1 fully saturated rings. The topological polar surface area (TPSA) is 70.0 Å². The van der Waals surface area contributed by atoms with Crippen LogP contribution in [0.4, 0.5) is 14.5 Å². The number of halogens is 2. The minimum Gasteiger partial charge on any atom is -0.494 e. The number of fused-ring (bicyclic) bond motifs is 1. The van der Waals surface area contributed by atoms with E-state index in [1.165, 1.54) is 67.3 Å². The van der Waals surface area contributed by atoms with Crippen LogP contribution in [0.1, 0.15) is 76.1 Å². The number of amides is 1. The molecule has 1 aliphatic rings.